The third kappa shape index (κ3) is 3.30. The molecule has 0 bridgehead atoms. The Morgan fingerprint density at radius 2 is 0.974 bits per heavy atom. The minimum absolute atomic E-state index is 0.344. The van der Waals surface area contributed by atoms with E-state index < -0.39 is 0 Å². The van der Waals surface area contributed by atoms with Gasteiger partial charge in [0.05, 0.1) is 11.2 Å². The van der Waals surface area contributed by atoms with Gasteiger partial charge in [-0.15, -0.1) is 0 Å². The van der Waals surface area contributed by atoms with E-state index in [-0.39, 0.29) is 5.69 Å². The lowest BCUT2D eigenvalue weighted by atomic mass is 9.90. The highest BCUT2D eigenvalue weighted by Gasteiger charge is 2.16. The molecule has 39 heavy (non-hydrogen) atoms. The number of H-pyrrole nitrogens is 1. The molecule has 0 spiro atoms. The normalized spacial score (nSPS) is 11.7. The molecule has 0 aliphatic rings. The highest BCUT2D eigenvalue weighted by Crippen LogP contribution is 2.40. The Balaban J connectivity index is 1.50. The maximum absolute atomic E-state index is 12.7. The number of nitrogens with one attached hydrogen (secondary N) is 1. The first-order valence-corrected chi connectivity index (χ1v) is 13.1. The maximum Gasteiger partial charge on any atom is 0.345 e. The van der Waals surface area contributed by atoms with E-state index in [1.54, 1.807) is 0 Å². The molecule has 0 unspecified atom stereocenters. The van der Waals surface area contributed by atoms with Gasteiger partial charge in [-0.05, 0) is 61.0 Å². The third-order valence-corrected chi connectivity index (χ3v) is 7.85. The maximum atomic E-state index is 12.7. The molecule has 0 saturated heterocycles. The first-order valence-electron chi connectivity index (χ1n) is 13.1. The summed E-state index contributed by atoms with van der Waals surface area (Å²) in [5.41, 5.74) is 4.33. The topological polar surface area (TPSA) is 45.8 Å². The van der Waals surface area contributed by atoms with Gasteiger partial charge in [-0.2, -0.15) is 4.98 Å². The smallest absolute Gasteiger partial charge is 0.305 e. The van der Waals surface area contributed by atoms with Gasteiger partial charge in [0.1, 0.15) is 0 Å². The summed E-state index contributed by atoms with van der Waals surface area (Å²) in [7, 11) is 0. The Labute approximate surface area is 224 Å². The molecule has 8 aromatic rings. The minimum Gasteiger partial charge on any atom is -0.305 e. The molecule has 3 nitrogen and oxygen atoms in total. The Morgan fingerprint density at radius 3 is 1.64 bits per heavy atom. The summed E-state index contributed by atoms with van der Waals surface area (Å²) in [5.74, 6) is 0. The summed E-state index contributed by atoms with van der Waals surface area (Å²) in [6.07, 6.45) is 0. The third-order valence-electron chi connectivity index (χ3n) is 7.85. The summed E-state index contributed by atoms with van der Waals surface area (Å²) in [6.45, 7) is 0. The predicted molar refractivity (Wildman–Crippen MR) is 163 cm³/mol. The van der Waals surface area contributed by atoms with Crippen LogP contribution in [-0.4, -0.2) is 9.97 Å². The van der Waals surface area contributed by atoms with E-state index in [0.717, 1.165) is 38.4 Å². The molecule has 0 atom stereocenters. The van der Waals surface area contributed by atoms with Crippen LogP contribution >= 0.6 is 0 Å². The molecule has 0 aliphatic heterocycles. The van der Waals surface area contributed by atoms with Crippen LogP contribution in [0.15, 0.2) is 132 Å². The predicted octanol–water partition coefficient (Wildman–Crippen LogP) is 8.87. The molecule has 0 radical (unpaired) electrons. The van der Waals surface area contributed by atoms with Crippen molar-refractivity contribution in [2.24, 2.45) is 0 Å². The van der Waals surface area contributed by atoms with Gasteiger partial charge in [0, 0.05) is 16.3 Å². The molecular formula is C36H22N2O. The number of rotatable bonds is 2. The van der Waals surface area contributed by atoms with Gasteiger partial charge in [-0.3, -0.25) is 0 Å². The van der Waals surface area contributed by atoms with E-state index in [2.05, 4.69) is 101 Å². The Morgan fingerprint density at radius 1 is 0.436 bits per heavy atom. The van der Waals surface area contributed by atoms with Gasteiger partial charge >= 0.3 is 5.69 Å². The Hall–Kier alpha value is -5.28. The molecule has 1 N–H and O–H groups in total. The standard InChI is InChI=1S/C36H22N2O/c39-36-37-34(22-10-2-1-3-11-22)33-21-31(28-16-8-9-17-30(28)35(33)38-36)23-18-19-29-26-14-5-4-12-24(26)25-13-6-7-15-27(25)32(29)20-23/h1-21H,(H,37,38,39). The first kappa shape index (κ1) is 21.8. The molecule has 8 rings (SSSR count). The van der Waals surface area contributed by atoms with Crippen molar-refractivity contribution in [1.29, 1.82) is 0 Å². The molecule has 3 heteroatoms. The van der Waals surface area contributed by atoms with E-state index in [4.69, 9.17) is 0 Å². The fourth-order valence-electron chi connectivity index (χ4n) is 6.12. The van der Waals surface area contributed by atoms with Crippen molar-refractivity contribution >= 4 is 54.0 Å². The van der Waals surface area contributed by atoms with Crippen LogP contribution < -0.4 is 5.69 Å². The lowest BCUT2D eigenvalue weighted by Gasteiger charge is -2.15. The zero-order valence-electron chi connectivity index (χ0n) is 21.0. The zero-order chi connectivity index (χ0) is 25.9. The lowest BCUT2D eigenvalue weighted by Crippen LogP contribution is -2.11. The van der Waals surface area contributed by atoms with E-state index in [0.29, 0.717) is 5.69 Å². The van der Waals surface area contributed by atoms with Crippen molar-refractivity contribution in [2.75, 3.05) is 0 Å². The first-order chi connectivity index (χ1) is 19.3. The number of benzene rings is 7. The van der Waals surface area contributed by atoms with Crippen molar-refractivity contribution in [3.05, 3.63) is 138 Å². The molecule has 0 fully saturated rings. The monoisotopic (exact) mass is 498 g/mol. The number of nitrogens with zero attached hydrogens (tertiary/aromatic N) is 1. The minimum atomic E-state index is -0.344. The summed E-state index contributed by atoms with van der Waals surface area (Å²) in [5, 5.41) is 10.5. The zero-order valence-corrected chi connectivity index (χ0v) is 21.0. The Bertz CT molecular complexity index is 2260. The fourth-order valence-corrected chi connectivity index (χ4v) is 6.12. The molecule has 1 heterocycles. The van der Waals surface area contributed by atoms with Crippen LogP contribution in [0, 0.1) is 0 Å². The summed E-state index contributed by atoms with van der Waals surface area (Å²) in [4.78, 5) is 20.1. The van der Waals surface area contributed by atoms with Crippen molar-refractivity contribution in [2.45, 2.75) is 0 Å². The van der Waals surface area contributed by atoms with Gasteiger partial charge in [0.25, 0.3) is 0 Å². The molecule has 182 valence electrons. The molecule has 1 aromatic heterocycles. The molecule has 0 aliphatic carbocycles. The van der Waals surface area contributed by atoms with E-state index in [9.17, 15) is 4.79 Å². The average molecular weight is 499 g/mol. The summed E-state index contributed by atoms with van der Waals surface area (Å²) < 4.78 is 0. The highest BCUT2D eigenvalue weighted by atomic mass is 16.1. The SMILES string of the molecule is O=c1nc(-c2ccccc2)c2cc(-c3ccc4c5ccccc5c5ccccc5c4c3)c3ccccc3c2[nH]1. The van der Waals surface area contributed by atoms with Crippen LogP contribution in [0.3, 0.4) is 0 Å². The van der Waals surface area contributed by atoms with Gasteiger partial charge in [-0.1, -0.05) is 115 Å². The van der Waals surface area contributed by atoms with Crippen LogP contribution in [0.25, 0.3) is 76.4 Å². The highest BCUT2D eigenvalue weighted by molar-refractivity contribution is 6.26. The molecule has 0 saturated carbocycles. The summed E-state index contributed by atoms with van der Waals surface area (Å²) in [6, 6.07) is 44.5. The lowest BCUT2D eigenvalue weighted by molar-refractivity contribution is 1.13. The number of aromatic amines is 1. The van der Waals surface area contributed by atoms with Crippen molar-refractivity contribution < 1.29 is 0 Å². The number of hydrogen-bond donors (Lipinski definition) is 1. The van der Waals surface area contributed by atoms with Crippen LogP contribution in [0.4, 0.5) is 0 Å². The second-order valence-corrected chi connectivity index (χ2v) is 10.0. The quantitative estimate of drug-likeness (QED) is 0.242. The second-order valence-electron chi connectivity index (χ2n) is 10.0. The molecule has 7 aromatic carbocycles. The van der Waals surface area contributed by atoms with Crippen molar-refractivity contribution in [3.63, 3.8) is 0 Å². The van der Waals surface area contributed by atoms with E-state index in [1.165, 1.54) is 32.3 Å². The van der Waals surface area contributed by atoms with Gasteiger partial charge in [-0.25, -0.2) is 4.79 Å². The van der Waals surface area contributed by atoms with E-state index in [1.807, 2.05) is 36.4 Å². The van der Waals surface area contributed by atoms with Gasteiger partial charge < -0.3 is 4.98 Å². The second kappa shape index (κ2) is 8.37. The van der Waals surface area contributed by atoms with Gasteiger partial charge in [0.2, 0.25) is 0 Å². The van der Waals surface area contributed by atoms with Crippen molar-refractivity contribution in [1.82, 2.24) is 9.97 Å². The van der Waals surface area contributed by atoms with Crippen LogP contribution in [0.2, 0.25) is 0 Å². The number of fused-ring (bicyclic) bond motifs is 9. The van der Waals surface area contributed by atoms with Gasteiger partial charge in [0.15, 0.2) is 0 Å². The molecule has 0 amide bonds. The van der Waals surface area contributed by atoms with Crippen LogP contribution in [0.1, 0.15) is 0 Å². The largest absolute Gasteiger partial charge is 0.345 e. The number of aromatic nitrogens is 2. The number of hydrogen-bond acceptors (Lipinski definition) is 2. The molecular weight excluding hydrogens is 476 g/mol. The van der Waals surface area contributed by atoms with Crippen LogP contribution in [-0.2, 0) is 0 Å². The van der Waals surface area contributed by atoms with Crippen molar-refractivity contribution in [3.8, 4) is 22.4 Å². The summed E-state index contributed by atoms with van der Waals surface area (Å²) >= 11 is 0. The Kier molecular flexibility index (Phi) is 4.67. The van der Waals surface area contributed by atoms with Crippen LogP contribution in [0.5, 0.6) is 0 Å². The fraction of sp³-hybridized carbons (Fsp3) is 0. The average Bonchev–Trinajstić information content (AvgIpc) is 3.01. The van der Waals surface area contributed by atoms with E-state index >= 15 is 0 Å².